The molecule has 0 heterocycles. The van der Waals surface area contributed by atoms with Crippen molar-refractivity contribution in [3.63, 3.8) is 0 Å². The molecular formula is C5HCl9O2. The molecule has 0 rings (SSSR count). The van der Waals surface area contributed by atoms with Gasteiger partial charge in [0, 0.05) is 0 Å². The Labute approximate surface area is 136 Å². The van der Waals surface area contributed by atoms with Gasteiger partial charge in [-0.15, -0.1) is 0 Å². The van der Waals surface area contributed by atoms with Gasteiger partial charge in [-0.25, -0.2) is 4.79 Å². The van der Waals surface area contributed by atoms with Crippen LogP contribution in [0.5, 0.6) is 0 Å². The van der Waals surface area contributed by atoms with Gasteiger partial charge in [0.2, 0.25) is 12.5 Å². The summed E-state index contributed by atoms with van der Waals surface area (Å²) in [6.07, 6.45) is 0. The summed E-state index contributed by atoms with van der Waals surface area (Å²) in [4.78, 5) is 10.8. The van der Waals surface area contributed by atoms with Crippen LogP contribution in [0.2, 0.25) is 0 Å². The zero-order valence-corrected chi connectivity index (χ0v) is 13.6. The van der Waals surface area contributed by atoms with Gasteiger partial charge in [-0.1, -0.05) is 104 Å². The lowest BCUT2D eigenvalue weighted by molar-refractivity contribution is -0.138. The van der Waals surface area contributed by atoms with Crippen molar-refractivity contribution in [1.29, 1.82) is 0 Å². The van der Waals surface area contributed by atoms with Crippen LogP contribution in [0.15, 0.2) is 0 Å². The van der Waals surface area contributed by atoms with Crippen molar-refractivity contribution < 1.29 is 9.90 Å². The Morgan fingerprint density at radius 3 is 1.25 bits per heavy atom. The van der Waals surface area contributed by atoms with E-state index < -0.39 is 22.8 Å². The minimum absolute atomic E-state index is 1.80. The number of hydrogen-bond acceptors (Lipinski definition) is 1. The van der Waals surface area contributed by atoms with Gasteiger partial charge in [-0.05, 0) is 0 Å². The molecule has 0 saturated carbocycles. The van der Waals surface area contributed by atoms with Gasteiger partial charge in [0.1, 0.15) is 0 Å². The summed E-state index contributed by atoms with van der Waals surface area (Å²) < 4.78 is -10.5. The molecule has 0 aliphatic carbocycles. The molecule has 0 fully saturated rings. The standard InChI is InChI=1S/C5HCl9O2/c6-2(7,1(15)16)3(8,9)4(10,11)5(12,13)14/h(H,15,16). The lowest BCUT2D eigenvalue weighted by Crippen LogP contribution is -2.59. The average molecular weight is 412 g/mol. The Morgan fingerprint density at radius 2 is 1.06 bits per heavy atom. The number of carboxylic acid groups (broad SMARTS) is 1. The minimum Gasteiger partial charge on any atom is -0.479 e. The molecule has 0 aromatic rings. The third kappa shape index (κ3) is 2.97. The van der Waals surface area contributed by atoms with Crippen molar-refractivity contribution in [1.82, 2.24) is 0 Å². The molecule has 0 aromatic carbocycles. The van der Waals surface area contributed by atoms with Gasteiger partial charge in [0.25, 0.3) is 0 Å². The van der Waals surface area contributed by atoms with Crippen LogP contribution in [0.3, 0.4) is 0 Å². The lowest BCUT2D eigenvalue weighted by Gasteiger charge is -2.41. The number of carboxylic acids is 1. The van der Waals surface area contributed by atoms with Crippen LogP contribution in [-0.4, -0.2) is 27.9 Å². The van der Waals surface area contributed by atoms with Crippen LogP contribution in [0.4, 0.5) is 0 Å². The Bertz CT molecular complexity index is 291. The highest BCUT2D eigenvalue weighted by molar-refractivity contribution is 6.81. The van der Waals surface area contributed by atoms with Gasteiger partial charge in [0.05, 0.1) is 0 Å². The largest absolute Gasteiger partial charge is 0.479 e. The van der Waals surface area contributed by atoms with E-state index in [1.165, 1.54) is 0 Å². The van der Waals surface area contributed by atoms with Crippen LogP contribution in [-0.2, 0) is 4.79 Å². The molecule has 1 N–H and O–H groups in total. The molecule has 0 radical (unpaired) electrons. The first-order valence-corrected chi connectivity index (χ1v) is 6.53. The summed E-state index contributed by atoms with van der Waals surface area (Å²) >= 11 is 49.5. The molecule has 16 heavy (non-hydrogen) atoms. The number of halogens is 9. The second kappa shape index (κ2) is 5.22. The zero-order valence-electron chi connectivity index (χ0n) is 6.76. The maximum atomic E-state index is 10.8. The molecule has 96 valence electrons. The second-order valence-corrected chi connectivity index (χ2v) is 8.79. The fraction of sp³-hybridized carbons (Fsp3) is 0.800. The maximum Gasteiger partial charge on any atom is 0.343 e. The number of aliphatic carboxylic acids is 1. The van der Waals surface area contributed by atoms with E-state index in [4.69, 9.17) is 110 Å². The van der Waals surface area contributed by atoms with Crippen molar-refractivity contribution in [3.05, 3.63) is 0 Å². The summed E-state index contributed by atoms with van der Waals surface area (Å²) in [5.74, 6) is -1.80. The van der Waals surface area contributed by atoms with Gasteiger partial charge < -0.3 is 5.11 Å². The van der Waals surface area contributed by atoms with E-state index in [1.807, 2.05) is 0 Å². The first-order chi connectivity index (χ1) is 6.69. The molecule has 0 atom stereocenters. The average Bonchev–Trinajstić information content (AvgIpc) is 2.00. The zero-order chi connectivity index (χ0) is 13.6. The molecule has 2 nitrogen and oxygen atoms in total. The third-order valence-electron chi connectivity index (χ3n) is 1.41. The highest BCUT2D eigenvalue weighted by atomic mass is 35.6. The van der Waals surface area contributed by atoms with E-state index in [2.05, 4.69) is 0 Å². The first-order valence-electron chi connectivity index (χ1n) is 3.13. The van der Waals surface area contributed by atoms with Crippen molar-refractivity contribution in [2.24, 2.45) is 0 Å². The number of carbonyl (C=O) groups is 1. The van der Waals surface area contributed by atoms with Crippen LogP contribution in [0, 0.1) is 0 Å². The molecule has 0 unspecified atom stereocenters. The van der Waals surface area contributed by atoms with Crippen molar-refractivity contribution >= 4 is 110 Å². The smallest absolute Gasteiger partial charge is 0.343 e. The van der Waals surface area contributed by atoms with Gasteiger partial charge in [-0.2, -0.15) is 0 Å². The topological polar surface area (TPSA) is 37.3 Å². The Morgan fingerprint density at radius 1 is 0.750 bits per heavy atom. The fourth-order valence-corrected chi connectivity index (χ4v) is 2.43. The molecule has 0 spiro atoms. The summed E-state index contributed by atoms with van der Waals surface area (Å²) in [6, 6.07) is 0. The highest BCUT2D eigenvalue weighted by Crippen LogP contribution is 2.62. The molecule has 0 aliphatic heterocycles. The second-order valence-electron chi connectivity index (χ2n) is 2.53. The summed E-state index contributed by atoms with van der Waals surface area (Å²) in [5, 5.41) is 8.73. The van der Waals surface area contributed by atoms with E-state index in [9.17, 15) is 4.79 Å². The third-order valence-corrected chi connectivity index (χ3v) is 6.78. The Kier molecular flexibility index (Phi) is 5.90. The normalized spacial score (nSPS) is 15.1. The van der Waals surface area contributed by atoms with Crippen molar-refractivity contribution in [2.75, 3.05) is 0 Å². The van der Waals surface area contributed by atoms with E-state index >= 15 is 0 Å². The first kappa shape index (κ1) is 18.1. The van der Waals surface area contributed by atoms with Crippen molar-refractivity contribution in [2.45, 2.75) is 16.8 Å². The number of alkyl halides is 9. The summed E-state index contributed by atoms with van der Waals surface area (Å²) in [7, 11) is 0. The van der Waals surface area contributed by atoms with Crippen LogP contribution in [0.25, 0.3) is 0 Å². The minimum atomic E-state index is -2.79. The van der Waals surface area contributed by atoms with E-state index in [-0.39, 0.29) is 0 Å². The van der Waals surface area contributed by atoms with E-state index in [0.717, 1.165) is 0 Å². The monoisotopic (exact) mass is 408 g/mol. The van der Waals surface area contributed by atoms with E-state index in [1.54, 1.807) is 0 Å². The molecule has 0 aliphatic rings. The van der Waals surface area contributed by atoms with Gasteiger partial charge in [0.15, 0.2) is 4.33 Å². The van der Waals surface area contributed by atoms with Crippen molar-refractivity contribution in [3.8, 4) is 0 Å². The van der Waals surface area contributed by atoms with Crippen LogP contribution in [0.1, 0.15) is 0 Å². The Balaban J connectivity index is 5.62. The quantitative estimate of drug-likeness (QED) is 0.666. The van der Waals surface area contributed by atoms with Gasteiger partial charge in [-0.3, -0.25) is 0 Å². The van der Waals surface area contributed by atoms with Crippen LogP contribution < -0.4 is 0 Å². The Hall–Kier alpha value is 2.08. The predicted molar refractivity (Wildman–Crippen MR) is 71.2 cm³/mol. The summed E-state index contributed by atoms with van der Waals surface area (Å²) in [6.45, 7) is 0. The number of rotatable bonds is 3. The molecule has 0 aromatic heterocycles. The summed E-state index contributed by atoms with van der Waals surface area (Å²) in [5.41, 5.74) is 0. The molecule has 0 bridgehead atoms. The number of hydrogen-bond donors (Lipinski definition) is 1. The predicted octanol–water partition coefficient (Wildman–Crippen LogP) is 4.96. The molecule has 0 amide bonds. The lowest BCUT2D eigenvalue weighted by atomic mass is 10.2. The molecular weight excluding hydrogens is 411 g/mol. The molecule has 0 saturated heterocycles. The molecule has 11 heteroatoms. The SMILES string of the molecule is O=C(O)C(Cl)(Cl)C(Cl)(Cl)C(Cl)(Cl)C(Cl)(Cl)Cl. The van der Waals surface area contributed by atoms with E-state index in [0.29, 0.717) is 0 Å². The maximum absolute atomic E-state index is 10.8. The van der Waals surface area contributed by atoms with Gasteiger partial charge >= 0.3 is 5.97 Å². The van der Waals surface area contributed by atoms with Crippen LogP contribution >= 0.6 is 104 Å². The highest BCUT2D eigenvalue weighted by Gasteiger charge is 2.70. The fourth-order valence-electron chi connectivity index (χ4n) is 0.509.